The van der Waals surface area contributed by atoms with Gasteiger partial charge in [-0.3, -0.25) is 4.79 Å². The number of benzene rings is 1. The van der Waals surface area contributed by atoms with E-state index >= 15 is 0 Å². The van der Waals surface area contributed by atoms with Crippen LogP contribution in [0.25, 0.3) is 0 Å². The van der Waals surface area contributed by atoms with Gasteiger partial charge in [-0.15, -0.1) is 0 Å². The fourth-order valence-electron chi connectivity index (χ4n) is 4.86. The zero-order valence-electron chi connectivity index (χ0n) is 19.0. The van der Waals surface area contributed by atoms with Gasteiger partial charge in [-0.2, -0.15) is 0 Å². The van der Waals surface area contributed by atoms with E-state index in [0.29, 0.717) is 44.7 Å². The summed E-state index contributed by atoms with van der Waals surface area (Å²) in [5, 5.41) is 0.994. The lowest BCUT2D eigenvalue weighted by Gasteiger charge is -2.40. The van der Waals surface area contributed by atoms with Crippen LogP contribution in [0.5, 0.6) is 5.75 Å². The highest BCUT2D eigenvalue weighted by Gasteiger charge is 2.34. The summed E-state index contributed by atoms with van der Waals surface area (Å²) >= 11 is 20.5. The maximum atomic E-state index is 12.8. The Kier molecular flexibility index (Phi) is 8.98. The van der Waals surface area contributed by atoms with E-state index in [0.717, 1.165) is 44.5 Å². The average Bonchev–Trinajstić information content (AvgIpc) is 2.83. The minimum absolute atomic E-state index is 0.00475. The van der Waals surface area contributed by atoms with Crippen LogP contribution < -0.4 is 9.46 Å². The molecule has 1 aromatic carbocycles. The molecule has 0 unspecified atom stereocenters. The summed E-state index contributed by atoms with van der Waals surface area (Å²) in [5.41, 5.74) is 0. The highest BCUT2D eigenvalue weighted by Crippen LogP contribution is 2.32. The standard InChI is InChI=1S/C24H27BrCl2N2O4S2/c25-16-3-8-22(34)23(13-16)35(31,32)28-24(30)15-1-4-17(5-2-15)29-11-9-18(10-12-29)33-19-6-7-20(26)21(27)14-19/h3,6-7,13-15,17-18H,1-2,4-5,8-12H2,(H,28,30)/t15-,17-. The van der Waals surface area contributed by atoms with Gasteiger partial charge >= 0.3 is 0 Å². The second-order valence-electron chi connectivity index (χ2n) is 9.13. The Morgan fingerprint density at radius 2 is 1.77 bits per heavy atom. The lowest BCUT2D eigenvalue weighted by Crippen LogP contribution is -2.47. The summed E-state index contributed by atoms with van der Waals surface area (Å²) in [6.07, 6.45) is 8.63. The Morgan fingerprint density at radius 3 is 2.43 bits per heavy atom. The van der Waals surface area contributed by atoms with Crippen molar-refractivity contribution in [1.29, 1.82) is 0 Å². The van der Waals surface area contributed by atoms with Gasteiger partial charge in [-0.1, -0.05) is 57.4 Å². The third-order valence-electron chi connectivity index (χ3n) is 6.81. The number of sulfonamides is 1. The van der Waals surface area contributed by atoms with E-state index in [1.807, 2.05) is 6.07 Å². The second kappa shape index (κ2) is 11.6. The molecule has 2 fully saturated rings. The minimum atomic E-state index is -3.98. The molecule has 1 heterocycles. The van der Waals surface area contributed by atoms with Crippen molar-refractivity contribution in [3.05, 3.63) is 49.8 Å². The van der Waals surface area contributed by atoms with E-state index in [2.05, 4.69) is 25.6 Å². The molecule has 0 radical (unpaired) electrons. The molecule has 4 rings (SSSR count). The van der Waals surface area contributed by atoms with E-state index in [1.54, 1.807) is 18.2 Å². The number of rotatable bonds is 6. The number of thiocarbonyl (C=S) groups is 1. The Labute approximate surface area is 230 Å². The number of amides is 1. The topological polar surface area (TPSA) is 75.7 Å². The molecule has 1 N–H and O–H groups in total. The number of piperidine rings is 1. The van der Waals surface area contributed by atoms with Gasteiger partial charge in [0.1, 0.15) is 16.8 Å². The van der Waals surface area contributed by atoms with Gasteiger partial charge in [0.25, 0.3) is 10.0 Å². The van der Waals surface area contributed by atoms with Crippen molar-refractivity contribution in [2.45, 2.75) is 57.1 Å². The van der Waals surface area contributed by atoms with Crippen LogP contribution in [0, 0.1) is 5.92 Å². The highest BCUT2D eigenvalue weighted by atomic mass is 79.9. The predicted molar refractivity (Wildman–Crippen MR) is 147 cm³/mol. The van der Waals surface area contributed by atoms with Crippen LogP contribution in [0.15, 0.2) is 39.7 Å². The second-order valence-corrected chi connectivity index (χ2v) is 13.0. The molecule has 1 aromatic rings. The maximum absolute atomic E-state index is 12.8. The summed E-state index contributed by atoms with van der Waals surface area (Å²) < 4.78 is 34.5. The smallest absolute Gasteiger partial charge is 0.265 e. The van der Waals surface area contributed by atoms with Crippen molar-refractivity contribution in [2.24, 2.45) is 5.92 Å². The Hall–Kier alpha value is -0.970. The maximum Gasteiger partial charge on any atom is 0.265 e. The van der Waals surface area contributed by atoms with Crippen molar-refractivity contribution < 1.29 is 17.9 Å². The molecule has 1 aliphatic heterocycles. The van der Waals surface area contributed by atoms with Crippen LogP contribution in [-0.4, -0.2) is 49.3 Å². The minimum Gasteiger partial charge on any atom is -0.490 e. The van der Waals surface area contributed by atoms with Crippen LogP contribution in [0.2, 0.25) is 10.0 Å². The summed E-state index contributed by atoms with van der Waals surface area (Å²) in [6, 6.07) is 5.72. The van der Waals surface area contributed by atoms with Crippen LogP contribution >= 0.6 is 51.3 Å². The molecule has 190 valence electrons. The molecule has 2 aliphatic carbocycles. The molecule has 1 saturated carbocycles. The van der Waals surface area contributed by atoms with E-state index in [-0.39, 0.29) is 16.9 Å². The molecular weight excluding hydrogens is 595 g/mol. The summed E-state index contributed by atoms with van der Waals surface area (Å²) in [5.74, 6) is -0.0210. The number of carbonyl (C=O) groups is 1. The average molecular weight is 622 g/mol. The third-order valence-corrected chi connectivity index (χ3v) is 10.0. The number of hydrogen-bond donors (Lipinski definition) is 1. The number of allylic oxidation sites excluding steroid dienone is 4. The van der Waals surface area contributed by atoms with Gasteiger partial charge in [0.05, 0.1) is 10.0 Å². The quantitative estimate of drug-likeness (QED) is 0.406. The zero-order chi connectivity index (χ0) is 25.2. The number of nitrogens with one attached hydrogen (secondary N) is 1. The number of nitrogens with zero attached hydrogens (tertiary/aromatic N) is 1. The Bertz CT molecular complexity index is 1160. The van der Waals surface area contributed by atoms with E-state index in [1.165, 1.54) is 6.08 Å². The van der Waals surface area contributed by atoms with Crippen molar-refractivity contribution in [2.75, 3.05) is 13.1 Å². The van der Waals surface area contributed by atoms with Gasteiger partial charge in [-0.25, -0.2) is 13.1 Å². The van der Waals surface area contributed by atoms with E-state index < -0.39 is 15.9 Å². The van der Waals surface area contributed by atoms with Gasteiger partial charge in [0.2, 0.25) is 5.91 Å². The lowest BCUT2D eigenvalue weighted by molar-refractivity contribution is -0.124. The number of likely N-dealkylation sites (tertiary alicyclic amines) is 1. The molecule has 0 bridgehead atoms. The van der Waals surface area contributed by atoms with Crippen molar-refractivity contribution in [1.82, 2.24) is 9.62 Å². The van der Waals surface area contributed by atoms with Gasteiger partial charge < -0.3 is 9.64 Å². The van der Waals surface area contributed by atoms with Crippen LogP contribution in [-0.2, 0) is 14.8 Å². The Morgan fingerprint density at radius 1 is 1.09 bits per heavy atom. The molecular formula is C24H27BrCl2N2O4S2. The highest BCUT2D eigenvalue weighted by molar-refractivity contribution is 9.11. The van der Waals surface area contributed by atoms with Crippen LogP contribution in [0.4, 0.5) is 0 Å². The van der Waals surface area contributed by atoms with Crippen molar-refractivity contribution in [3.8, 4) is 5.75 Å². The molecule has 3 aliphatic rings. The fourth-order valence-corrected chi connectivity index (χ4v) is 7.37. The first-order chi connectivity index (χ1) is 16.6. The van der Waals surface area contributed by atoms with E-state index in [4.69, 9.17) is 40.2 Å². The third kappa shape index (κ3) is 6.87. The number of carbonyl (C=O) groups excluding carboxylic acids is 1. The zero-order valence-corrected chi connectivity index (χ0v) is 23.7. The summed E-state index contributed by atoms with van der Waals surface area (Å²) in [4.78, 5) is 15.5. The van der Waals surface area contributed by atoms with Gasteiger partial charge in [0, 0.05) is 46.9 Å². The molecule has 11 heteroatoms. The number of halogens is 3. The van der Waals surface area contributed by atoms with Gasteiger partial charge in [0.15, 0.2) is 0 Å². The number of hydrogen-bond acceptors (Lipinski definition) is 6. The SMILES string of the molecule is O=C(NS(=O)(=O)C1=CC(Br)=CCC1=S)[C@H]1CC[C@H](N2CCC(Oc3ccc(Cl)c(Cl)c3)CC2)CC1. The largest absolute Gasteiger partial charge is 0.490 e. The molecule has 0 aromatic heterocycles. The monoisotopic (exact) mass is 620 g/mol. The van der Waals surface area contributed by atoms with E-state index in [9.17, 15) is 13.2 Å². The first-order valence-corrected chi connectivity index (χ1v) is 15.1. The Balaban J connectivity index is 1.24. The molecule has 0 spiro atoms. The fraction of sp³-hybridized carbons (Fsp3) is 0.500. The first kappa shape index (κ1) is 27.1. The molecule has 1 saturated heterocycles. The lowest BCUT2D eigenvalue weighted by atomic mass is 9.84. The normalized spacial score (nSPS) is 24.5. The summed E-state index contributed by atoms with van der Waals surface area (Å²) in [7, 11) is -3.98. The van der Waals surface area contributed by atoms with Crippen LogP contribution in [0.3, 0.4) is 0 Å². The predicted octanol–water partition coefficient (Wildman–Crippen LogP) is 5.78. The van der Waals surface area contributed by atoms with Crippen molar-refractivity contribution >= 4 is 72.1 Å². The first-order valence-electron chi connectivity index (χ1n) is 11.7. The van der Waals surface area contributed by atoms with Crippen molar-refractivity contribution in [3.63, 3.8) is 0 Å². The van der Waals surface area contributed by atoms with Gasteiger partial charge in [-0.05, 0) is 56.7 Å². The van der Waals surface area contributed by atoms with Crippen LogP contribution in [0.1, 0.15) is 44.9 Å². The molecule has 6 nitrogen and oxygen atoms in total. The molecule has 0 atom stereocenters. The molecule has 1 amide bonds. The molecule has 35 heavy (non-hydrogen) atoms. The summed E-state index contributed by atoms with van der Waals surface area (Å²) in [6.45, 7) is 1.85. The number of ether oxygens (including phenoxy) is 1.